The number of hydrogen-bond acceptors (Lipinski definition) is 15. The van der Waals surface area contributed by atoms with E-state index in [-0.39, 0.29) is 25.7 Å². The van der Waals surface area contributed by atoms with Crippen LogP contribution in [0.5, 0.6) is 0 Å². The summed E-state index contributed by atoms with van der Waals surface area (Å²) in [5, 5.41) is 10.7. The molecule has 0 spiro atoms. The van der Waals surface area contributed by atoms with Gasteiger partial charge in [0.1, 0.15) is 19.3 Å². The van der Waals surface area contributed by atoms with Gasteiger partial charge in [-0.2, -0.15) is 0 Å². The number of ether oxygens (including phenoxy) is 4. The number of esters is 4. The molecule has 0 aliphatic rings. The second-order valence-corrected chi connectivity index (χ2v) is 29.5. The van der Waals surface area contributed by atoms with Crippen molar-refractivity contribution < 1.29 is 80.2 Å². The Morgan fingerprint density at radius 2 is 0.509 bits per heavy atom. The summed E-state index contributed by atoms with van der Waals surface area (Å²) in [6.45, 7) is 4.47. The molecule has 0 saturated heterocycles. The molecule has 0 aromatic heterocycles. The number of hydrogen-bond donors (Lipinski definition) is 3. The van der Waals surface area contributed by atoms with Crippen LogP contribution in [-0.4, -0.2) is 96.7 Å². The first-order chi connectivity index (χ1) is 51.7. The minimum atomic E-state index is -5.00. The fourth-order valence-electron chi connectivity index (χ4n) is 10.3. The summed E-state index contributed by atoms with van der Waals surface area (Å²) in [4.78, 5) is 73.1. The van der Waals surface area contributed by atoms with E-state index >= 15 is 0 Å². The molecule has 0 radical (unpaired) electrons. The summed E-state index contributed by atoms with van der Waals surface area (Å²) in [6.07, 6.45) is 90.7. The van der Waals surface area contributed by atoms with Gasteiger partial charge in [-0.15, -0.1) is 0 Å². The van der Waals surface area contributed by atoms with Crippen molar-refractivity contribution in [2.45, 2.75) is 329 Å². The average molecular weight is 1520 g/mol. The molecule has 0 rings (SSSR count). The number of phosphoric ester groups is 2. The lowest BCUT2D eigenvalue weighted by atomic mass is 10.1. The predicted molar refractivity (Wildman–Crippen MR) is 436 cm³/mol. The molecule has 0 aliphatic heterocycles. The number of allylic oxidation sites excluding steroid dienone is 26. The monoisotopic (exact) mass is 1520 g/mol. The lowest BCUT2D eigenvalue weighted by Crippen LogP contribution is -2.30. The number of phosphoric acid groups is 2. The molecule has 0 fully saturated rings. The van der Waals surface area contributed by atoms with E-state index in [0.717, 1.165) is 212 Å². The standard InChI is InChI=1S/C87H144O17P2/c1-5-9-13-17-21-25-29-33-36-38-40-42-45-48-51-55-59-63-67-71-84(89)97-77-82(103-86(91)73-69-65-61-57-53-47-32-28-24-20-16-12-8-4)79-101-105(93,94)99-75-81(88)76-100-106(95,96)102-80-83(104-87(92)74-70-66-62-58-54-50-44-35-31-27-23-19-15-11-7-3)78-98-85(90)72-68-64-60-56-52-49-46-43-41-39-37-34-30-26-22-18-14-10-6-2/h9-10,13-14,16,20-23,25-28,32-37,40-44,48,51,81-83,88H,5-8,11-12,15,17-19,24,29-31,38-39,45-47,49-50,52-80H2,1-4H3,(H,93,94)(H,95,96)/b13-9-,14-10-,20-16-,25-21-,26-22-,27-23-,32-28-,36-33-,37-34-,42-40-,43-41-,44-35-,51-48-. The molecule has 106 heavy (non-hydrogen) atoms. The van der Waals surface area contributed by atoms with Crippen LogP contribution >= 0.6 is 15.6 Å². The van der Waals surface area contributed by atoms with E-state index in [1.54, 1.807) is 0 Å². The number of aliphatic hydroxyl groups excluding tert-OH is 1. The zero-order valence-corrected chi connectivity index (χ0v) is 67.8. The Bertz CT molecular complexity index is 2630. The Hall–Kier alpha value is -5.32. The van der Waals surface area contributed by atoms with Crippen LogP contribution in [0.3, 0.4) is 0 Å². The van der Waals surface area contributed by atoms with Gasteiger partial charge in [0.2, 0.25) is 0 Å². The van der Waals surface area contributed by atoms with Gasteiger partial charge in [0.25, 0.3) is 0 Å². The van der Waals surface area contributed by atoms with E-state index in [0.29, 0.717) is 25.7 Å². The van der Waals surface area contributed by atoms with E-state index in [4.69, 9.17) is 37.0 Å². The zero-order chi connectivity index (χ0) is 77.4. The molecule has 17 nitrogen and oxygen atoms in total. The van der Waals surface area contributed by atoms with Gasteiger partial charge >= 0.3 is 39.5 Å². The summed E-state index contributed by atoms with van der Waals surface area (Å²) in [7, 11) is -9.99. The smallest absolute Gasteiger partial charge is 0.462 e. The molecule has 0 bridgehead atoms. The molecule has 19 heteroatoms. The fraction of sp³-hybridized carbons (Fsp3) is 0.655. The molecule has 3 N–H and O–H groups in total. The quantitative estimate of drug-likeness (QED) is 0.0169. The third-order valence-corrected chi connectivity index (χ3v) is 18.3. The topological polar surface area (TPSA) is 237 Å². The van der Waals surface area contributed by atoms with Gasteiger partial charge in [-0.1, -0.05) is 276 Å². The fourth-order valence-corrected chi connectivity index (χ4v) is 11.9. The van der Waals surface area contributed by atoms with Crippen molar-refractivity contribution in [1.29, 1.82) is 0 Å². The number of carbonyl (C=O) groups is 4. The molecule has 0 aliphatic carbocycles. The summed E-state index contributed by atoms with van der Waals surface area (Å²) in [5.74, 6) is -2.26. The number of unbranched alkanes of at least 4 members (excludes halogenated alkanes) is 23. The highest BCUT2D eigenvalue weighted by Gasteiger charge is 2.30. The lowest BCUT2D eigenvalue weighted by Gasteiger charge is -2.21. The van der Waals surface area contributed by atoms with Crippen molar-refractivity contribution in [2.24, 2.45) is 0 Å². The molecule has 5 unspecified atom stereocenters. The van der Waals surface area contributed by atoms with Crippen molar-refractivity contribution in [1.82, 2.24) is 0 Å². The first-order valence-corrected chi connectivity index (χ1v) is 43.7. The Balaban J connectivity index is 5.41. The Morgan fingerprint density at radius 1 is 0.274 bits per heavy atom. The van der Waals surface area contributed by atoms with E-state index in [1.165, 1.54) is 19.3 Å². The third kappa shape index (κ3) is 76.9. The minimum absolute atomic E-state index is 0.0658. The van der Waals surface area contributed by atoms with Crippen LogP contribution < -0.4 is 0 Å². The van der Waals surface area contributed by atoms with Crippen molar-refractivity contribution in [3.05, 3.63) is 158 Å². The Morgan fingerprint density at radius 3 is 0.802 bits per heavy atom. The molecule has 0 amide bonds. The van der Waals surface area contributed by atoms with Gasteiger partial charge in [0, 0.05) is 25.7 Å². The van der Waals surface area contributed by atoms with Crippen LogP contribution in [0.4, 0.5) is 0 Å². The minimum Gasteiger partial charge on any atom is -0.462 e. The normalized spacial score (nSPS) is 14.7. The van der Waals surface area contributed by atoms with Crippen LogP contribution in [0.2, 0.25) is 0 Å². The first kappa shape index (κ1) is 101. The predicted octanol–water partition coefficient (Wildman–Crippen LogP) is 24.0. The highest BCUT2D eigenvalue weighted by atomic mass is 31.2. The van der Waals surface area contributed by atoms with E-state index in [9.17, 15) is 43.2 Å². The largest absolute Gasteiger partial charge is 0.472 e. The van der Waals surface area contributed by atoms with Crippen LogP contribution in [0.15, 0.2) is 158 Å². The van der Waals surface area contributed by atoms with Crippen molar-refractivity contribution in [2.75, 3.05) is 39.6 Å². The van der Waals surface area contributed by atoms with Crippen LogP contribution in [0, 0.1) is 0 Å². The number of carbonyl (C=O) groups excluding carboxylic acids is 4. The molecule has 0 heterocycles. The zero-order valence-electron chi connectivity index (χ0n) is 66.1. The summed E-state index contributed by atoms with van der Waals surface area (Å²) in [5.41, 5.74) is 0. The van der Waals surface area contributed by atoms with Crippen LogP contribution in [-0.2, 0) is 65.4 Å². The van der Waals surface area contributed by atoms with Gasteiger partial charge in [0.15, 0.2) is 12.2 Å². The van der Waals surface area contributed by atoms with Crippen molar-refractivity contribution in [3.8, 4) is 0 Å². The van der Waals surface area contributed by atoms with E-state index in [1.807, 2.05) is 0 Å². The van der Waals surface area contributed by atoms with E-state index in [2.05, 4.69) is 186 Å². The molecule has 5 atom stereocenters. The van der Waals surface area contributed by atoms with Crippen molar-refractivity contribution >= 4 is 39.5 Å². The van der Waals surface area contributed by atoms with Crippen LogP contribution in [0.25, 0.3) is 0 Å². The number of rotatable bonds is 75. The maximum Gasteiger partial charge on any atom is 0.472 e. The maximum absolute atomic E-state index is 13.1. The summed E-state index contributed by atoms with van der Waals surface area (Å²) >= 11 is 0. The SMILES string of the molecule is CC/C=C\C/C=C\C/C=C\C/C=C\C/C=C\CCCCCC(=O)OCC(COP(=O)(O)OCC(O)COP(=O)(O)OCC(COC(=O)CCCCCCCC/C=C\C/C=C\C/C=C\C/C=C\CC)OC(=O)CCCCCCC/C=C\C/C=C\CCCCC)OC(=O)CCCCCCC/C=C\C/C=C\CCC. The number of aliphatic hydroxyl groups is 1. The summed E-state index contributed by atoms with van der Waals surface area (Å²) < 4.78 is 68.6. The Kier molecular flexibility index (Phi) is 73.9. The van der Waals surface area contributed by atoms with Gasteiger partial charge in [-0.3, -0.25) is 37.3 Å². The molecular weight excluding hydrogens is 1380 g/mol. The van der Waals surface area contributed by atoms with Gasteiger partial charge < -0.3 is 33.8 Å². The lowest BCUT2D eigenvalue weighted by molar-refractivity contribution is -0.161. The third-order valence-electron chi connectivity index (χ3n) is 16.4. The van der Waals surface area contributed by atoms with Gasteiger partial charge in [0.05, 0.1) is 26.4 Å². The average Bonchev–Trinajstić information content (AvgIpc) is 0.901. The molecule has 0 aromatic rings. The second-order valence-electron chi connectivity index (χ2n) is 26.6. The Labute approximate surface area is 642 Å². The molecule has 604 valence electrons. The first-order valence-electron chi connectivity index (χ1n) is 40.7. The molecule has 0 aromatic carbocycles. The molecular formula is C87H144O17P2. The van der Waals surface area contributed by atoms with Gasteiger partial charge in [-0.25, -0.2) is 9.13 Å². The molecule has 0 saturated carbocycles. The van der Waals surface area contributed by atoms with Crippen molar-refractivity contribution in [3.63, 3.8) is 0 Å². The maximum atomic E-state index is 13.1. The highest BCUT2D eigenvalue weighted by Crippen LogP contribution is 2.45. The second kappa shape index (κ2) is 77.8. The highest BCUT2D eigenvalue weighted by molar-refractivity contribution is 7.47. The van der Waals surface area contributed by atoms with Crippen LogP contribution in [0.1, 0.15) is 310 Å². The summed E-state index contributed by atoms with van der Waals surface area (Å²) in [6, 6.07) is 0. The van der Waals surface area contributed by atoms with E-state index < -0.39 is 97.5 Å². The van der Waals surface area contributed by atoms with Gasteiger partial charge in [-0.05, 0) is 167 Å².